The van der Waals surface area contributed by atoms with E-state index >= 15 is 0 Å². The highest BCUT2D eigenvalue weighted by molar-refractivity contribution is 9.10. The topological polar surface area (TPSA) is 97.7 Å². The van der Waals surface area contributed by atoms with Crippen LogP contribution in [-0.2, 0) is 14.3 Å². The van der Waals surface area contributed by atoms with Crippen LogP contribution in [-0.4, -0.2) is 60.5 Å². The molecule has 2 aromatic carbocycles. The molecule has 3 rings (SSSR count). The van der Waals surface area contributed by atoms with E-state index in [9.17, 15) is 9.59 Å². The Bertz CT molecular complexity index is 1070. The number of thioether (sulfide) groups is 1. The number of para-hydroxylation sites is 1. The van der Waals surface area contributed by atoms with Crippen LogP contribution in [0.4, 0.5) is 5.69 Å². The third-order valence-electron chi connectivity index (χ3n) is 4.45. The second-order valence-corrected chi connectivity index (χ2v) is 8.56. The fourth-order valence-electron chi connectivity index (χ4n) is 2.92. The Morgan fingerprint density at radius 2 is 2.00 bits per heavy atom. The number of carbonyl (C=O) groups is 2. The van der Waals surface area contributed by atoms with Gasteiger partial charge >= 0.3 is 5.97 Å². The first-order valence-corrected chi connectivity index (χ1v) is 11.7. The normalized spacial score (nSPS) is 16.0. The molecule has 2 aromatic rings. The van der Waals surface area contributed by atoms with Crippen LogP contribution in [0.15, 0.2) is 56.8 Å². The van der Waals surface area contributed by atoms with Crippen molar-refractivity contribution in [2.45, 2.75) is 6.92 Å². The molecule has 33 heavy (non-hydrogen) atoms. The zero-order valence-electron chi connectivity index (χ0n) is 18.1. The lowest BCUT2D eigenvalue weighted by atomic mass is 10.2. The molecule has 0 saturated carbocycles. The lowest BCUT2D eigenvalue weighted by Crippen LogP contribution is -2.32. The molecule has 0 aromatic heterocycles. The summed E-state index contributed by atoms with van der Waals surface area (Å²) in [4.78, 5) is 30.7. The van der Waals surface area contributed by atoms with E-state index in [0.717, 1.165) is 5.69 Å². The maximum atomic E-state index is 13.2. The SMILES string of the molecule is CCOCCN1C(=O)/C(=C/c2cc(OC)c(OCC(=O)O)cc2Br)SC1=Nc1ccccc1. The number of aliphatic imine (C=N–C) groups is 1. The third-order valence-corrected chi connectivity index (χ3v) is 6.15. The monoisotopic (exact) mass is 534 g/mol. The minimum atomic E-state index is -1.09. The van der Waals surface area contributed by atoms with Gasteiger partial charge in [0.15, 0.2) is 23.3 Å². The van der Waals surface area contributed by atoms with Crippen LogP contribution in [0.3, 0.4) is 0 Å². The Balaban J connectivity index is 1.93. The molecule has 1 N–H and O–H groups in total. The van der Waals surface area contributed by atoms with Crippen LogP contribution in [0.1, 0.15) is 12.5 Å². The summed E-state index contributed by atoms with van der Waals surface area (Å²) in [7, 11) is 1.46. The minimum absolute atomic E-state index is 0.175. The van der Waals surface area contributed by atoms with Crippen molar-refractivity contribution in [2.24, 2.45) is 4.99 Å². The molecule has 0 aliphatic carbocycles. The van der Waals surface area contributed by atoms with Crippen molar-refractivity contribution in [3.63, 3.8) is 0 Å². The zero-order chi connectivity index (χ0) is 23.8. The molecule has 8 nitrogen and oxygen atoms in total. The van der Waals surface area contributed by atoms with Gasteiger partial charge in [-0.05, 0) is 54.6 Å². The largest absolute Gasteiger partial charge is 0.493 e. The molecule has 1 aliphatic heterocycles. The number of carboxylic acids is 1. The van der Waals surface area contributed by atoms with Crippen LogP contribution < -0.4 is 9.47 Å². The second kappa shape index (κ2) is 11.9. The number of aliphatic carboxylic acids is 1. The summed E-state index contributed by atoms with van der Waals surface area (Å²) in [5.74, 6) is -0.631. The average Bonchev–Trinajstić information content (AvgIpc) is 3.08. The third kappa shape index (κ3) is 6.59. The van der Waals surface area contributed by atoms with Gasteiger partial charge in [0.1, 0.15) is 0 Å². The number of ether oxygens (including phenoxy) is 3. The number of amidine groups is 1. The molecule has 1 heterocycles. The van der Waals surface area contributed by atoms with E-state index in [-0.39, 0.29) is 11.7 Å². The number of carbonyl (C=O) groups excluding carboxylic acids is 1. The number of benzene rings is 2. The highest BCUT2D eigenvalue weighted by Crippen LogP contribution is 2.38. The van der Waals surface area contributed by atoms with Gasteiger partial charge in [0.2, 0.25) is 0 Å². The summed E-state index contributed by atoms with van der Waals surface area (Å²) >= 11 is 4.74. The molecule has 174 valence electrons. The van der Waals surface area contributed by atoms with E-state index in [1.54, 1.807) is 23.1 Å². The summed E-state index contributed by atoms with van der Waals surface area (Å²) < 4.78 is 16.7. The molecule has 1 aliphatic rings. The maximum Gasteiger partial charge on any atom is 0.341 e. The van der Waals surface area contributed by atoms with Gasteiger partial charge in [-0.2, -0.15) is 0 Å². The molecule has 0 radical (unpaired) electrons. The second-order valence-electron chi connectivity index (χ2n) is 6.70. The molecule has 1 fully saturated rings. The van der Waals surface area contributed by atoms with E-state index in [2.05, 4.69) is 20.9 Å². The van der Waals surface area contributed by atoms with Gasteiger partial charge in [-0.1, -0.05) is 34.1 Å². The van der Waals surface area contributed by atoms with Crippen molar-refractivity contribution in [3.05, 3.63) is 57.4 Å². The molecular weight excluding hydrogens is 512 g/mol. The van der Waals surface area contributed by atoms with E-state index in [4.69, 9.17) is 19.3 Å². The van der Waals surface area contributed by atoms with Gasteiger partial charge in [0.25, 0.3) is 5.91 Å². The van der Waals surface area contributed by atoms with Crippen molar-refractivity contribution in [1.29, 1.82) is 0 Å². The van der Waals surface area contributed by atoms with Crippen molar-refractivity contribution in [3.8, 4) is 11.5 Å². The molecule has 0 atom stereocenters. The highest BCUT2D eigenvalue weighted by Gasteiger charge is 2.33. The fourth-order valence-corrected chi connectivity index (χ4v) is 4.37. The summed E-state index contributed by atoms with van der Waals surface area (Å²) in [6.07, 6.45) is 1.74. The molecule has 1 amide bonds. The first kappa shape index (κ1) is 24.8. The molecule has 0 spiro atoms. The number of nitrogens with zero attached hydrogens (tertiary/aromatic N) is 2. The summed E-state index contributed by atoms with van der Waals surface area (Å²) in [6.45, 7) is 2.75. The van der Waals surface area contributed by atoms with Crippen LogP contribution >= 0.6 is 27.7 Å². The van der Waals surface area contributed by atoms with Crippen molar-refractivity contribution in [2.75, 3.05) is 33.5 Å². The Morgan fingerprint density at radius 1 is 1.24 bits per heavy atom. The van der Waals surface area contributed by atoms with Crippen LogP contribution in [0, 0.1) is 0 Å². The minimum Gasteiger partial charge on any atom is -0.493 e. The predicted octanol–water partition coefficient (Wildman–Crippen LogP) is 4.56. The maximum absolute atomic E-state index is 13.2. The highest BCUT2D eigenvalue weighted by atomic mass is 79.9. The molecule has 1 saturated heterocycles. The lowest BCUT2D eigenvalue weighted by Gasteiger charge is -2.15. The summed E-state index contributed by atoms with van der Waals surface area (Å²) in [5, 5.41) is 9.43. The zero-order valence-corrected chi connectivity index (χ0v) is 20.5. The van der Waals surface area contributed by atoms with Crippen molar-refractivity contribution in [1.82, 2.24) is 4.90 Å². The van der Waals surface area contributed by atoms with Gasteiger partial charge in [-0.25, -0.2) is 9.79 Å². The van der Waals surface area contributed by atoms with E-state index < -0.39 is 12.6 Å². The molecule has 0 unspecified atom stereocenters. The fraction of sp³-hybridized carbons (Fsp3) is 0.261. The Morgan fingerprint density at radius 3 is 2.67 bits per heavy atom. The van der Waals surface area contributed by atoms with Gasteiger partial charge < -0.3 is 19.3 Å². The van der Waals surface area contributed by atoms with Gasteiger partial charge in [-0.3, -0.25) is 9.69 Å². The molecule has 10 heteroatoms. The van der Waals surface area contributed by atoms with E-state index in [1.807, 2.05) is 37.3 Å². The molecular formula is C23H23BrN2O6S. The van der Waals surface area contributed by atoms with E-state index in [0.29, 0.717) is 45.6 Å². The number of hydrogen-bond acceptors (Lipinski definition) is 7. The van der Waals surface area contributed by atoms with Gasteiger partial charge in [-0.15, -0.1) is 0 Å². The number of methoxy groups -OCH3 is 1. The number of hydrogen-bond donors (Lipinski definition) is 1. The van der Waals surface area contributed by atoms with Crippen molar-refractivity contribution >= 4 is 56.5 Å². The number of amides is 1. The quantitative estimate of drug-likeness (QED) is 0.352. The van der Waals surface area contributed by atoms with Gasteiger partial charge in [0, 0.05) is 11.1 Å². The van der Waals surface area contributed by atoms with E-state index in [1.165, 1.54) is 18.9 Å². The average molecular weight is 535 g/mol. The first-order chi connectivity index (χ1) is 15.9. The predicted molar refractivity (Wildman–Crippen MR) is 131 cm³/mol. The van der Waals surface area contributed by atoms with Gasteiger partial charge in [0.05, 0.1) is 30.9 Å². The molecule has 0 bridgehead atoms. The Labute approximate surface area is 204 Å². The lowest BCUT2D eigenvalue weighted by molar-refractivity contribution is -0.139. The van der Waals surface area contributed by atoms with Crippen molar-refractivity contribution < 1.29 is 28.9 Å². The first-order valence-electron chi connectivity index (χ1n) is 10.1. The smallest absolute Gasteiger partial charge is 0.341 e. The standard InChI is InChI=1S/C23H23BrN2O6S/c1-3-31-10-9-26-22(29)20(33-23(26)25-16-7-5-4-6-8-16)12-15-11-18(30-2)19(13-17(15)24)32-14-21(27)28/h4-8,11-13H,3,9-10,14H2,1-2H3,(H,27,28)/b20-12-,25-23?. The number of carboxylic acid groups (broad SMARTS) is 1. The van der Waals surface area contributed by atoms with Crippen LogP contribution in [0.5, 0.6) is 11.5 Å². The Kier molecular flexibility index (Phi) is 8.93. The Hall–Kier alpha value is -2.82. The number of rotatable bonds is 10. The number of halogens is 1. The van der Waals surface area contributed by atoms with Crippen LogP contribution in [0.25, 0.3) is 6.08 Å². The summed E-state index contributed by atoms with van der Waals surface area (Å²) in [5.41, 5.74) is 1.43. The summed E-state index contributed by atoms with van der Waals surface area (Å²) in [6, 6.07) is 12.7. The van der Waals surface area contributed by atoms with Crippen LogP contribution in [0.2, 0.25) is 0 Å².